The number of rotatable bonds is 49. The van der Waals surface area contributed by atoms with Crippen LogP contribution in [-0.2, 0) is 6.54 Å². The number of allylic oxidation sites excluding steroid dienone is 2. The average molecular weight is 825 g/mol. The predicted molar refractivity (Wildman–Crippen MR) is 267 cm³/mol. The van der Waals surface area contributed by atoms with Crippen LogP contribution in [0.4, 0.5) is 0 Å². The second kappa shape index (κ2) is 46.5. The number of unbranched alkanes of at least 4 members (excludes halogenated alkanes) is 35. The fraction of sp³-hybridized carbons (Fsp3) is 0.912. The van der Waals surface area contributed by atoms with Crippen molar-refractivity contribution in [3.8, 4) is 0 Å². The van der Waals surface area contributed by atoms with Crippen LogP contribution in [0.25, 0.3) is 0 Å². The summed E-state index contributed by atoms with van der Waals surface area (Å²) < 4.78 is 4.95. The zero-order chi connectivity index (χ0) is 42.4. The Kier molecular flexibility index (Phi) is 44.1. The Bertz CT molecular complexity index is 918. The first-order chi connectivity index (χ1) is 29.2. The molecule has 0 bridgehead atoms. The lowest BCUT2D eigenvalue weighted by molar-refractivity contribution is -0.693. The highest BCUT2D eigenvalue weighted by Gasteiger charge is 2.17. The Balaban J connectivity index is 2.38. The molecule has 0 saturated heterocycles. The molecule has 2 nitrogen and oxygen atoms in total. The van der Waals surface area contributed by atoms with Gasteiger partial charge in [0.25, 0.3) is 0 Å². The molecule has 1 unspecified atom stereocenters. The molecule has 0 aliphatic carbocycles. The van der Waals surface area contributed by atoms with Crippen LogP contribution >= 0.6 is 0 Å². The highest BCUT2D eigenvalue weighted by molar-refractivity contribution is 4.81. The predicted octanol–water partition coefficient (Wildman–Crippen LogP) is 20.1. The maximum absolute atomic E-state index is 2.58. The fourth-order valence-corrected chi connectivity index (χ4v) is 9.68. The van der Waals surface area contributed by atoms with E-state index in [0.717, 1.165) is 12.5 Å². The number of aromatic nitrogens is 2. The first-order valence-electron chi connectivity index (χ1n) is 28.0. The van der Waals surface area contributed by atoms with E-state index in [0.29, 0.717) is 6.04 Å². The molecule has 0 radical (unpaired) electrons. The van der Waals surface area contributed by atoms with Crippen LogP contribution in [0.5, 0.6) is 0 Å². The van der Waals surface area contributed by atoms with Crippen molar-refractivity contribution in [2.75, 3.05) is 0 Å². The van der Waals surface area contributed by atoms with Gasteiger partial charge < -0.3 is 0 Å². The minimum absolute atomic E-state index is 0.686. The van der Waals surface area contributed by atoms with Crippen molar-refractivity contribution in [2.24, 2.45) is 5.92 Å². The number of aryl methyl sites for hydroxylation is 1. The largest absolute Gasteiger partial charge is 0.243 e. The van der Waals surface area contributed by atoms with Gasteiger partial charge >= 0.3 is 0 Å². The van der Waals surface area contributed by atoms with E-state index in [1.807, 2.05) is 0 Å². The van der Waals surface area contributed by atoms with E-state index in [4.69, 9.17) is 0 Å². The number of hydrogen-bond donors (Lipinski definition) is 0. The third kappa shape index (κ3) is 38.4. The van der Waals surface area contributed by atoms with Gasteiger partial charge in [-0.05, 0) is 64.2 Å². The Labute approximate surface area is 373 Å². The van der Waals surface area contributed by atoms with Crippen LogP contribution in [0.15, 0.2) is 30.9 Å². The highest BCUT2D eigenvalue weighted by Crippen LogP contribution is 2.28. The van der Waals surface area contributed by atoms with Crippen LogP contribution < -0.4 is 4.57 Å². The lowest BCUT2D eigenvalue weighted by Crippen LogP contribution is -2.29. The summed E-state index contributed by atoms with van der Waals surface area (Å²) in [7, 11) is 0. The fourth-order valence-electron chi connectivity index (χ4n) is 9.68. The van der Waals surface area contributed by atoms with E-state index in [2.05, 4.69) is 67.7 Å². The summed E-state index contributed by atoms with van der Waals surface area (Å²) >= 11 is 0. The lowest BCUT2D eigenvalue weighted by atomic mass is 9.89. The standard InChI is InChI=1S/C57H111N2/c1-5-9-12-15-18-21-24-27-28-29-30-33-36-39-42-45-51-57(59-54-53-58(8-4)55-59)52-47-46-50-56(48-43-40-37-34-31-25-22-19-16-13-10-6-2)49-44-41-38-35-32-26-23-20-17-14-11-7-3/h27-28,53-57H,5-26,29-52H2,1-4H3/q+1/b28-27+. The zero-order valence-corrected chi connectivity index (χ0v) is 41.5. The first kappa shape index (κ1) is 56.0. The summed E-state index contributed by atoms with van der Waals surface area (Å²) in [4.78, 5) is 0. The first-order valence-corrected chi connectivity index (χ1v) is 28.0. The number of hydrogen-bond acceptors (Lipinski definition) is 0. The van der Waals surface area contributed by atoms with Crippen molar-refractivity contribution in [3.05, 3.63) is 30.9 Å². The molecule has 0 spiro atoms. The Hall–Kier alpha value is -1.05. The van der Waals surface area contributed by atoms with Gasteiger partial charge in [0, 0.05) is 0 Å². The maximum Gasteiger partial charge on any atom is 0.243 e. The zero-order valence-electron chi connectivity index (χ0n) is 41.5. The van der Waals surface area contributed by atoms with Gasteiger partial charge in [-0.25, -0.2) is 9.13 Å². The van der Waals surface area contributed by atoms with Gasteiger partial charge in [0.2, 0.25) is 6.33 Å². The molecule has 0 saturated carbocycles. The van der Waals surface area contributed by atoms with Crippen LogP contribution in [0, 0.1) is 5.92 Å². The summed E-state index contributed by atoms with van der Waals surface area (Å²) in [5, 5.41) is 0. The van der Waals surface area contributed by atoms with E-state index in [1.54, 1.807) is 0 Å². The van der Waals surface area contributed by atoms with Crippen molar-refractivity contribution >= 4 is 0 Å². The molecule has 59 heavy (non-hydrogen) atoms. The SMILES string of the molecule is CCCCCCCC/C=C/CCCCCCCCC(CCCCC(CCCCCCCCCCCCCC)CCCCCCCCCCCCCC)n1cc[n+](CC)c1. The van der Waals surface area contributed by atoms with Gasteiger partial charge in [-0.3, -0.25) is 0 Å². The molecule has 1 aromatic heterocycles. The Morgan fingerprint density at radius 3 is 0.983 bits per heavy atom. The minimum Gasteiger partial charge on any atom is -0.237 e. The molecule has 0 aromatic carbocycles. The van der Waals surface area contributed by atoms with Gasteiger partial charge in [0.1, 0.15) is 18.4 Å². The Morgan fingerprint density at radius 1 is 0.356 bits per heavy atom. The van der Waals surface area contributed by atoms with E-state index >= 15 is 0 Å². The van der Waals surface area contributed by atoms with Crippen LogP contribution in [0.3, 0.4) is 0 Å². The third-order valence-corrected chi connectivity index (χ3v) is 13.9. The normalized spacial score (nSPS) is 12.5. The molecule has 0 aliphatic heterocycles. The van der Waals surface area contributed by atoms with Crippen LogP contribution in [-0.4, -0.2) is 4.57 Å². The number of imidazole rings is 1. The van der Waals surface area contributed by atoms with Gasteiger partial charge in [0.05, 0.1) is 6.54 Å². The summed E-state index contributed by atoms with van der Waals surface area (Å²) in [6.45, 7) is 10.3. The molecular formula is C57H111N2+. The van der Waals surface area contributed by atoms with E-state index in [-0.39, 0.29) is 0 Å². The second-order valence-corrected chi connectivity index (χ2v) is 19.6. The summed E-state index contributed by atoms with van der Waals surface area (Å²) in [5.41, 5.74) is 0. The number of nitrogens with zero attached hydrogens (tertiary/aromatic N) is 2. The smallest absolute Gasteiger partial charge is 0.237 e. The van der Waals surface area contributed by atoms with Gasteiger partial charge in [0.15, 0.2) is 0 Å². The minimum atomic E-state index is 0.686. The highest BCUT2D eigenvalue weighted by atomic mass is 15.1. The summed E-state index contributed by atoms with van der Waals surface area (Å²) in [6.07, 6.45) is 76.7. The van der Waals surface area contributed by atoms with Crippen molar-refractivity contribution in [1.82, 2.24) is 4.57 Å². The molecule has 2 heteroatoms. The lowest BCUT2D eigenvalue weighted by Gasteiger charge is -2.18. The summed E-state index contributed by atoms with van der Waals surface area (Å²) in [5.74, 6) is 0.976. The molecule has 0 fully saturated rings. The molecule has 1 rings (SSSR count). The van der Waals surface area contributed by atoms with Crippen molar-refractivity contribution in [1.29, 1.82) is 0 Å². The molecule has 1 aromatic rings. The Morgan fingerprint density at radius 2 is 0.644 bits per heavy atom. The molecular weight excluding hydrogens is 713 g/mol. The molecule has 1 heterocycles. The quantitative estimate of drug-likeness (QED) is 0.0352. The molecule has 348 valence electrons. The maximum atomic E-state index is 2.58. The third-order valence-electron chi connectivity index (χ3n) is 13.9. The van der Waals surface area contributed by atoms with Gasteiger partial charge in [-0.2, -0.15) is 0 Å². The van der Waals surface area contributed by atoms with E-state index in [9.17, 15) is 0 Å². The van der Waals surface area contributed by atoms with Crippen LogP contribution in [0.2, 0.25) is 0 Å². The molecule has 0 aliphatic rings. The average Bonchev–Trinajstić information content (AvgIpc) is 3.74. The monoisotopic (exact) mass is 824 g/mol. The van der Waals surface area contributed by atoms with Gasteiger partial charge in [-0.1, -0.05) is 270 Å². The second-order valence-electron chi connectivity index (χ2n) is 19.6. The van der Waals surface area contributed by atoms with E-state index in [1.165, 1.54) is 289 Å². The summed E-state index contributed by atoms with van der Waals surface area (Å²) in [6, 6.07) is 0.686. The topological polar surface area (TPSA) is 8.81 Å². The van der Waals surface area contributed by atoms with Crippen molar-refractivity contribution in [2.45, 2.75) is 329 Å². The van der Waals surface area contributed by atoms with E-state index < -0.39 is 0 Å². The van der Waals surface area contributed by atoms with Crippen LogP contribution in [0.1, 0.15) is 323 Å². The van der Waals surface area contributed by atoms with Crippen molar-refractivity contribution < 1.29 is 4.57 Å². The molecule has 0 amide bonds. The van der Waals surface area contributed by atoms with Crippen molar-refractivity contribution in [3.63, 3.8) is 0 Å². The molecule has 1 atom stereocenters. The molecule has 0 N–H and O–H groups in total. The van der Waals surface area contributed by atoms with Gasteiger partial charge in [-0.15, -0.1) is 0 Å².